The number of alkyl halides is 3. The highest BCUT2D eigenvalue weighted by molar-refractivity contribution is 9.10. The van der Waals surface area contributed by atoms with Gasteiger partial charge < -0.3 is 0 Å². The van der Waals surface area contributed by atoms with Gasteiger partial charge >= 0.3 is 0 Å². The van der Waals surface area contributed by atoms with Crippen LogP contribution < -0.4 is 0 Å². The van der Waals surface area contributed by atoms with Gasteiger partial charge in [0.2, 0.25) is 0 Å². The topological polar surface area (TPSA) is 12.9 Å². The van der Waals surface area contributed by atoms with Crippen LogP contribution in [0.4, 0.5) is 8.78 Å². The van der Waals surface area contributed by atoms with Crippen LogP contribution in [0.2, 0.25) is 5.02 Å². The standard InChI is InChI=1S/C7H4Br2ClF2N/c8-1-3-5(9)4(10)2-13-6(3)7(11)12/h2,7H,1H2. The summed E-state index contributed by atoms with van der Waals surface area (Å²) in [6.45, 7) is 0. The molecule has 0 aliphatic rings. The largest absolute Gasteiger partial charge is 0.280 e. The van der Waals surface area contributed by atoms with Gasteiger partial charge in [-0.2, -0.15) is 0 Å². The van der Waals surface area contributed by atoms with Gasteiger partial charge in [0.05, 0.1) is 5.02 Å². The van der Waals surface area contributed by atoms with Crippen LogP contribution >= 0.6 is 43.5 Å². The van der Waals surface area contributed by atoms with E-state index < -0.39 is 6.43 Å². The van der Waals surface area contributed by atoms with Crippen LogP contribution in [0.5, 0.6) is 0 Å². The highest BCUT2D eigenvalue weighted by Crippen LogP contribution is 2.33. The first-order valence-corrected chi connectivity index (χ1v) is 5.54. The van der Waals surface area contributed by atoms with Crippen molar-refractivity contribution in [1.82, 2.24) is 4.98 Å². The Bertz CT molecular complexity index is 320. The fourth-order valence-electron chi connectivity index (χ4n) is 0.833. The Morgan fingerprint density at radius 3 is 2.62 bits per heavy atom. The summed E-state index contributed by atoms with van der Waals surface area (Å²) in [4.78, 5) is 3.57. The summed E-state index contributed by atoms with van der Waals surface area (Å²) >= 11 is 11.9. The zero-order chi connectivity index (χ0) is 10.0. The molecule has 1 nitrogen and oxygen atoms in total. The van der Waals surface area contributed by atoms with Crippen LogP contribution in [0.15, 0.2) is 10.7 Å². The summed E-state index contributed by atoms with van der Waals surface area (Å²) in [5, 5.41) is 0.625. The van der Waals surface area contributed by atoms with E-state index in [1.807, 2.05) is 0 Å². The molecule has 1 aromatic heterocycles. The summed E-state index contributed by atoms with van der Waals surface area (Å²) in [5.74, 6) is 0. The SMILES string of the molecule is FC(F)c1ncc(Cl)c(Br)c1CBr. The Kier molecular flexibility index (Phi) is 4.06. The minimum Gasteiger partial charge on any atom is -0.253 e. The van der Waals surface area contributed by atoms with E-state index >= 15 is 0 Å². The number of halogens is 5. The quantitative estimate of drug-likeness (QED) is 0.733. The van der Waals surface area contributed by atoms with Gasteiger partial charge in [-0.3, -0.25) is 4.98 Å². The molecule has 0 radical (unpaired) electrons. The normalized spacial score (nSPS) is 10.9. The number of aromatic nitrogens is 1. The Balaban J connectivity index is 3.30. The Labute approximate surface area is 95.8 Å². The van der Waals surface area contributed by atoms with Gasteiger partial charge in [0.15, 0.2) is 0 Å². The van der Waals surface area contributed by atoms with E-state index in [0.29, 0.717) is 20.4 Å². The molecule has 0 bridgehead atoms. The van der Waals surface area contributed by atoms with Crippen LogP contribution in [0.1, 0.15) is 17.7 Å². The third-order valence-electron chi connectivity index (χ3n) is 1.44. The van der Waals surface area contributed by atoms with Crippen molar-refractivity contribution < 1.29 is 8.78 Å². The molecule has 0 saturated carbocycles. The lowest BCUT2D eigenvalue weighted by Gasteiger charge is -2.08. The van der Waals surface area contributed by atoms with E-state index in [2.05, 4.69) is 36.8 Å². The molecule has 0 amide bonds. The molecule has 1 heterocycles. The minimum absolute atomic E-state index is 0.242. The van der Waals surface area contributed by atoms with Crippen molar-refractivity contribution in [3.8, 4) is 0 Å². The van der Waals surface area contributed by atoms with Crippen LogP contribution in [0, 0.1) is 0 Å². The maximum Gasteiger partial charge on any atom is 0.280 e. The Hall–Kier alpha value is 0.260. The van der Waals surface area contributed by atoms with E-state index in [9.17, 15) is 8.78 Å². The molecule has 0 N–H and O–H groups in total. The van der Waals surface area contributed by atoms with Crippen molar-refractivity contribution in [3.05, 3.63) is 26.9 Å². The van der Waals surface area contributed by atoms with Crippen molar-refractivity contribution in [3.63, 3.8) is 0 Å². The van der Waals surface area contributed by atoms with Gasteiger partial charge in [0.1, 0.15) is 5.69 Å². The third kappa shape index (κ3) is 2.39. The summed E-state index contributed by atoms with van der Waals surface area (Å²) < 4.78 is 25.2. The first kappa shape index (κ1) is 11.3. The first-order valence-electron chi connectivity index (χ1n) is 3.24. The monoisotopic (exact) mass is 333 g/mol. The molecule has 0 saturated heterocycles. The zero-order valence-electron chi connectivity index (χ0n) is 6.20. The highest BCUT2D eigenvalue weighted by Gasteiger charge is 2.17. The van der Waals surface area contributed by atoms with E-state index in [1.54, 1.807) is 0 Å². The molecule has 0 aliphatic carbocycles. The smallest absolute Gasteiger partial charge is 0.253 e. The van der Waals surface area contributed by atoms with Crippen molar-refractivity contribution in [1.29, 1.82) is 0 Å². The van der Waals surface area contributed by atoms with Crippen molar-refractivity contribution in [2.75, 3.05) is 0 Å². The fraction of sp³-hybridized carbons (Fsp3) is 0.286. The molecule has 6 heteroatoms. The maximum atomic E-state index is 12.4. The van der Waals surface area contributed by atoms with Crippen molar-refractivity contribution >= 4 is 43.5 Å². The molecule has 0 spiro atoms. The number of rotatable bonds is 2. The second-order valence-corrected chi connectivity index (χ2v) is 3.98. The molecular formula is C7H4Br2ClF2N. The van der Waals surface area contributed by atoms with Gasteiger partial charge in [-0.05, 0) is 15.9 Å². The van der Waals surface area contributed by atoms with Gasteiger partial charge in [-0.25, -0.2) is 8.78 Å². The van der Waals surface area contributed by atoms with Crippen molar-refractivity contribution in [2.24, 2.45) is 0 Å². The number of nitrogens with zero attached hydrogens (tertiary/aromatic N) is 1. The first-order chi connectivity index (χ1) is 6.07. The van der Waals surface area contributed by atoms with E-state index in [-0.39, 0.29) is 5.69 Å². The second-order valence-electron chi connectivity index (χ2n) is 2.22. The average molecular weight is 335 g/mol. The minimum atomic E-state index is -2.58. The van der Waals surface area contributed by atoms with Gasteiger partial charge in [0, 0.05) is 21.6 Å². The number of pyridine rings is 1. The number of hydrogen-bond acceptors (Lipinski definition) is 1. The molecule has 13 heavy (non-hydrogen) atoms. The van der Waals surface area contributed by atoms with E-state index in [0.717, 1.165) is 0 Å². The fourth-order valence-corrected chi connectivity index (χ4v) is 2.38. The van der Waals surface area contributed by atoms with Gasteiger partial charge in [-0.15, -0.1) is 0 Å². The van der Waals surface area contributed by atoms with E-state index in [4.69, 9.17) is 11.6 Å². The summed E-state index contributed by atoms with van der Waals surface area (Å²) in [6, 6.07) is 0. The molecule has 72 valence electrons. The van der Waals surface area contributed by atoms with Gasteiger partial charge in [-0.1, -0.05) is 27.5 Å². The summed E-state index contributed by atoms with van der Waals surface area (Å²) in [7, 11) is 0. The van der Waals surface area contributed by atoms with Crippen molar-refractivity contribution in [2.45, 2.75) is 11.8 Å². The van der Waals surface area contributed by atoms with Crippen LogP contribution in [-0.2, 0) is 5.33 Å². The average Bonchev–Trinajstić information content (AvgIpc) is 2.09. The molecule has 0 aliphatic heterocycles. The summed E-state index contributed by atoms with van der Waals surface area (Å²) in [6.07, 6.45) is -1.37. The van der Waals surface area contributed by atoms with Crippen LogP contribution in [0.25, 0.3) is 0 Å². The highest BCUT2D eigenvalue weighted by atomic mass is 79.9. The summed E-state index contributed by atoms with van der Waals surface area (Å²) in [5.41, 5.74) is 0.149. The Morgan fingerprint density at radius 1 is 1.54 bits per heavy atom. The molecule has 0 fully saturated rings. The molecule has 1 rings (SSSR count). The second kappa shape index (κ2) is 4.66. The zero-order valence-corrected chi connectivity index (χ0v) is 10.1. The molecule has 1 aromatic rings. The molecular weight excluding hydrogens is 331 g/mol. The molecule has 0 atom stereocenters. The van der Waals surface area contributed by atoms with Crippen LogP contribution in [0.3, 0.4) is 0 Å². The predicted molar refractivity (Wildman–Crippen MR) is 54.5 cm³/mol. The molecule has 0 aromatic carbocycles. The van der Waals surface area contributed by atoms with Gasteiger partial charge in [0.25, 0.3) is 6.43 Å². The number of hydrogen-bond donors (Lipinski definition) is 0. The van der Waals surface area contributed by atoms with Crippen LogP contribution in [-0.4, -0.2) is 4.98 Å². The lowest BCUT2D eigenvalue weighted by molar-refractivity contribution is 0.145. The maximum absolute atomic E-state index is 12.4. The lowest BCUT2D eigenvalue weighted by atomic mass is 10.2. The Morgan fingerprint density at radius 2 is 2.15 bits per heavy atom. The van der Waals surface area contributed by atoms with E-state index in [1.165, 1.54) is 6.20 Å². The molecule has 0 unspecified atom stereocenters. The lowest BCUT2D eigenvalue weighted by Crippen LogP contribution is -1.97. The third-order valence-corrected chi connectivity index (χ3v) is 3.42. The predicted octanol–water partition coefficient (Wildman–Crippen LogP) is 4.33.